The van der Waals surface area contributed by atoms with E-state index in [1.807, 2.05) is 0 Å². The molecule has 172 valence electrons. The van der Waals surface area contributed by atoms with Gasteiger partial charge in [0, 0.05) is 15.7 Å². The molecule has 9 nitrogen and oxygen atoms in total. The van der Waals surface area contributed by atoms with Gasteiger partial charge >= 0.3 is 5.97 Å². The number of carboxylic acids is 1. The third-order valence-corrected chi connectivity index (χ3v) is 6.37. The molecule has 1 saturated heterocycles. The number of nitrogens with zero attached hydrogens (tertiary/aromatic N) is 1. The van der Waals surface area contributed by atoms with Crippen LogP contribution in [0.5, 0.6) is 11.5 Å². The monoisotopic (exact) mass is 554 g/mol. The van der Waals surface area contributed by atoms with Crippen molar-refractivity contribution in [1.29, 1.82) is 0 Å². The van der Waals surface area contributed by atoms with Gasteiger partial charge in [-0.3, -0.25) is 19.3 Å². The summed E-state index contributed by atoms with van der Waals surface area (Å²) in [6.45, 7) is -1.11. The Morgan fingerprint density at radius 2 is 2.03 bits per heavy atom. The van der Waals surface area contributed by atoms with E-state index in [1.165, 1.54) is 19.3 Å². The third kappa shape index (κ3) is 6.06. The fraction of sp³-hybridized carbons (Fsp3) is 0.143. The highest BCUT2D eigenvalue weighted by molar-refractivity contribution is 9.10. The van der Waals surface area contributed by atoms with Crippen LogP contribution in [0.4, 0.5) is 10.5 Å². The molecule has 12 heteroatoms. The number of hydrogen-bond acceptors (Lipinski definition) is 7. The van der Waals surface area contributed by atoms with Crippen LogP contribution in [0, 0.1) is 0 Å². The zero-order valence-corrected chi connectivity index (χ0v) is 20.1. The van der Waals surface area contributed by atoms with E-state index in [9.17, 15) is 19.2 Å². The van der Waals surface area contributed by atoms with E-state index in [-0.39, 0.29) is 16.4 Å². The van der Waals surface area contributed by atoms with Crippen molar-refractivity contribution in [3.05, 3.63) is 56.4 Å². The Morgan fingerprint density at radius 1 is 1.27 bits per heavy atom. The van der Waals surface area contributed by atoms with Crippen LogP contribution in [-0.4, -0.2) is 53.3 Å². The zero-order chi connectivity index (χ0) is 24.1. The first-order chi connectivity index (χ1) is 15.7. The molecule has 0 aliphatic carbocycles. The molecule has 0 saturated carbocycles. The van der Waals surface area contributed by atoms with E-state index in [4.69, 9.17) is 26.2 Å². The molecule has 1 heterocycles. The van der Waals surface area contributed by atoms with Gasteiger partial charge in [0.25, 0.3) is 11.1 Å². The molecule has 1 fully saturated rings. The second-order valence-corrected chi connectivity index (χ2v) is 8.76. The highest BCUT2D eigenvalue weighted by atomic mass is 79.9. The summed E-state index contributed by atoms with van der Waals surface area (Å²) in [6.07, 6.45) is 1.39. The molecule has 3 rings (SSSR count). The fourth-order valence-corrected chi connectivity index (χ4v) is 4.05. The number of para-hydroxylation sites is 1. The zero-order valence-electron chi connectivity index (χ0n) is 17.0. The molecule has 1 aliphatic heterocycles. The number of anilines is 1. The van der Waals surface area contributed by atoms with Crippen molar-refractivity contribution >= 4 is 74.1 Å². The fourth-order valence-electron chi connectivity index (χ4n) is 2.79. The van der Waals surface area contributed by atoms with Crippen LogP contribution in [0.25, 0.3) is 6.08 Å². The first-order valence-electron chi connectivity index (χ1n) is 9.21. The Labute approximate surface area is 205 Å². The number of rotatable bonds is 8. The highest BCUT2D eigenvalue weighted by Gasteiger charge is 2.36. The summed E-state index contributed by atoms with van der Waals surface area (Å²) in [6, 6.07) is 9.57. The van der Waals surface area contributed by atoms with Crippen molar-refractivity contribution in [3.8, 4) is 11.5 Å². The molecule has 2 aromatic carbocycles. The smallest absolute Gasteiger partial charge is 0.341 e. The molecule has 2 N–H and O–H groups in total. The molecule has 0 radical (unpaired) electrons. The number of carbonyl (C=O) groups is 4. The van der Waals surface area contributed by atoms with Crippen LogP contribution in [0.15, 0.2) is 45.8 Å². The van der Waals surface area contributed by atoms with E-state index in [1.54, 1.807) is 30.3 Å². The van der Waals surface area contributed by atoms with Gasteiger partial charge in [-0.05, 0) is 58.0 Å². The molecule has 1 aliphatic rings. The van der Waals surface area contributed by atoms with E-state index in [2.05, 4.69) is 21.2 Å². The summed E-state index contributed by atoms with van der Waals surface area (Å²) in [5.41, 5.74) is 0.752. The van der Waals surface area contributed by atoms with Crippen LogP contribution >= 0.6 is 39.3 Å². The van der Waals surface area contributed by atoms with Gasteiger partial charge in [-0.1, -0.05) is 23.7 Å². The minimum atomic E-state index is -1.19. The molecule has 0 bridgehead atoms. The van der Waals surface area contributed by atoms with Crippen LogP contribution in [0.3, 0.4) is 0 Å². The summed E-state index contributed by atoms with van der Waals surface area (Å²) in [7, 11) is 1.39. The average molecular weight is 556 g/mol. The first kappa shape index (κ1) is 24.6. The van der Waals surface area contributed by atoms with Gasteiger partial charge < -0.3 is 19.9 Å². The van der Waals surface area contributed by atoms with E-state index >= 15 is 0 Å². The Hall–Kier alpha value is -3.02. The lowest BCUT2D eigenvalue weighted by molar-refractivity contribution is -0.139. The number of methoxy groups -OCH3 is 1. The lowest BCUT2D eigenvalue weighted by atomic mass is 10.1. The van der Waals surface area contributed by atoms with Gasteiger partial charge in [0.1, 0.15) is 6.54 Å². The minimum absolute atomic E-state index is 0.0490. The normalized spacial score (nSPS) is 14.5. The SMILES string of the molecule is COc1cccc(/C=C2/SC(=O)N(CC(=O)Nc3ccc(Br)c(Cl)c3)C2=O)c1OCC(=O)O. The number of amides is 3. The van der Waals surface area contributed by atoms with Crippen LogP contribution in [0.1, 0.15) is 5.56 Å². The predicted octanol–water partition coefficient (Wildman–Crippen LogP) is 4.25. The van der Waals surface area contributed by atoms with Crippen molar-refractivity contribution in [2.45, 2.75) is 0 Å². The topological polar surface area (TPSA) is 122 Å². The minimum Gasteiger partial charge on any atom is -0.493 e. The number of hydrogen-bond donors (Lipinski definition) is 2. The Balaban J connectivity index is 1.77. The van der Waals surface area contributed by atoms with Gasteiger partial charge in [-0.25, -0.2) is 4.79 Å². The van der Waals surface area contributed by atoms with Crippen molar-refractivity contribution in [1.82, 2.24) is 4.90 Å². The molecule has 0 atom stereocenters. The number of carbonyl (C=O) groups excluding carboxylic acids is 3. The second kappa shape index (κ2) is 10.7. The number of imide groups is 1. The maximum atomic E-state index is 12.8. The molecule has 2 aromatic rings. The second-order valence-electron chi connectivity index (χ2n) is 6.51. The lowest BCUT2D eigenvalue weighted by Crippen LogP contribution is -2.36. The highest BCUT2D eigenvalue weighted by Crippen LogP contribution is 2.37. The van der Waals surface area contributed by atoms with Crippen LogP contribution < -0.4 is 14.8 Å². The number of nitrogens with one attached hydrogen (secondary N) is 1. The van der Waals surface area contributed by atoms with Gasteiger partial charge in [-0.15, -0.1) is 0 Å². The predicted molar refractivity (Wildman–Crippen MR) is 127 cm³/mol. The molecule has 0 aromatic heterocycles. The number of thioether (sulfide) groups is 1. The average Bonchev–Trinajstić information content (AvgIpc) is 3.02. The van der Waals surface area contributed by atoms with E-state index in [0.717, 1.165) is 4.90 Å². The summed E-state index contributed by atoms with van der Waals surface area (Å²) in [4.78, 5) is 49.3. The molecular weight excluding hydrogens is 540 g/mol. The Kier molecular flexibility index (Phi) is 8.01. The van der Waals surface area contributed by atoms with Crippen molar-refractivity contribution < 1.29 is 33.8 Å². The first-order valence-corrected chi connectivity index (χ1v) is 11.2. The van der Waals surface area contributed by atoms with Gasteiger partial charge in [0.05, 0.1) is 17.0 Å². The molecule has 0 unspecified atom stereocenters. The largest absolute Gasteiger partial charge is 0.493 e. The Morgan fingerprint density at radius 3 is 2.70 bits per heavy atom. The molecule has 0 spiro atoms. The number of aliphatic carboxylic acids is 1. The number of benzene rings is 2. The standard InChI is InChI=1S/C21H16BrClN2O7S/c1-31-15-4-2-3-11(19(15)32-10-18(27)28)7-16-20(29)25(21(30)33-16)9-17(26)24-12-5-6-13(22)14(23)8-12/h2-8H,9-10H2,1H3,(H,24,26)(H,27,28)/b16-7+. The summed E-state index contributed by atoms with van der Waals surface area (Å²) in [5.74, 6) is -2.06. The number of carboxylic acid groups (broad SMARTS) is 1. The van der Waals surface area contributed by atoms with Crippen LogP contribution in [0.2, 0.25) is 5.02 Å². The van der Waals surface area contributed by atoms with Crippen molar-refractivity contribution in [2.75, 3.05) is 25.6 Å². The lowest BCUT2D eigenvalue weighted by Gasteiger charge is -2.13. The Bertz CT molecular complexity index is 1170. The van der Waals surface area contributed by atoms with Crippen molar-refractivity contribution in [2.24, 2.45) is 0 Å². The van der Waals surface area contributed by atoms with E-state index < -0.39 is 36.2 Å². The number of ether oxygens (including phenoxy) is 2. The van der Waals surface area contributed by atoms with E-state index in [0.29, 0.717) is 32.5 Å². The van der Waals surface area contributed by atoms with Crippen LogP contribution in [-0.2, 0) is 14.4 Å². The summed E-state index contributed by atoms with van der Waals surface area (Å²) in [5, 5.41) is 11.3. The molecule has 33 heavy (non-hydrogen) atoms. The number of halogens is 2. The van der Waals surface area contributed by atoms with Gasteiger partial charge in [-0.2, -0.15) is 0 Å². The molecule has 3 amide bonds. The third-order valence-electron chi connectivity index (χ3n) is 4.23. The van der Waals surface area contributed by atoms with Gasteiger partial charge in [0.2, 0.25) is 5.91 Å². The van der Waals surface area contributed by atoms with Crippen molar-refractivity contribution in [3.63, 3.8) is 0 Å². The quantitative estimate of drug-likeness (QED) is 0.464. The summed E-state index contributed by atoms with van der Waals surface area (Å²) >= 11 is 9.91. The summed E-state index contributed by atoms with van der Waals surface area (Å²) < 4.78 is 11.2. The maximum Gasteiger partial charge on any atom is 0.341 e. The molecular formula is C21H16BrClN2O7S. The van der Waals surface area contributed by atoms with Gasteiger partial charge in [0.15, 0.2) is 18.1 Å². The maximum absolute atomic E-state index is 12.8.